The van der Waals surface area contributed by atoms with E-state index >= 15 is 0 Å². The molecule has 2 heterocycles. The summed E-state index contributed by atoms with van der Waals surface area (Å²) in [5, 5.41) is 10.0. The van der Waals surface area contributed by atoms with E-state index in [0.717, 1.165) is 5.69 Å². The monoisotopic (exact) mass is 418 g/mol. The van der Waals surface area contributed by atoms with Gasteiger partial charge in [-0.3, -0.25) is 14.9 Å². The van der Waals surface area contributed by atoms with Crippen LogP contribution < -0.4 is 20.1 Å². The molecule has 0 fully saturated rings. The minimum atomic E-state index is -0.346. The second kappa shape index (κ2) is 8.81. The van der Waals surface area contributed by atoms with Crippen LogP contribution >= 0.6 is 22.7 Å². The fraction of sp³-hybridized carbons (Fsp3) is 0.222. The van der Waals surface area contributed by atoms with Crippen LogP contribution in [0.5, 0.6) is 11.5 Å². The van der Waals surface area contributed by atoms with E-state index < -0.39 is 0 Å². The Hall–Kier alpha value is -2.98. The van der Waals surface area contributed by atoms with Crippen molar-refractivity contribution in [2.45, 2.75) is 13.3 Å². The third-order valence-electron chi connectivity index (χ3n) is 3.59. The molecule has 0 aliphatic rings. The molecule has 146 valence electrons. The first kappa shape index (κ1) is 19.8. The summed E-state index contributed by atoms with van der Waals surface area (Å²) in [7, 11) is 3.03. The summed E-state index contributed by atoms with van der Waals surface area (Å²) < 4.78 is 10.3. The lowest BCUT2D eigenvalue weighted by atomic mass is 10.2. The van der Waals surface area contributed by atoms with E-state index in [-0.39, 0.29) is 18.2 Å². The van der Waals surface area contributed by atoms with E-state index in [2.05, 4.69) is 20.6 Å². The SMILES string of the molecule is COc1cc(OC)cc(C(=O)Nc2nc(CC(=O)Nc3nc(C)cs3)cs2)c1. The number of aryl methyl sites for hydroxylation is 1. The lowest BCUT2D eigenvalue weighted by molar-refractivity contribution is -0.115. The molecule has 0 aliphatic heterocycles. The van der Waals surface area contributed by atoms with E-state index in [1.54, 1.807) is 23.6 Å². The first-order valence-corrected chi connectivity index (χ1v) is 9.93. The molecule has 8 nitrogen and oxygen atoms in total. The van der Waals surface area contributed by atoms with Gasteiger partial charge in [-0.05, 0) is 19.1 Å². The Labute approximate surface area is 169 Å². The Kier molecular flexibility index (Phi) is 6.22. The standard InChI is InChI=1S/C18H18N4O4S2/c1-10-8-27-17(19-10)21-15(23)6-12-9-28-18(20-12)22-16(24)11-4-13(25-2)7-14(5-11)26-3/h4-5,7-9H,6H2,1-3H3,(H,19,21,23)(H,20,22,24). The molecule has 2 aromatic heterocycles. The van der Waals surface area contributed by atoms with Crippen molar-refractivity contribution in [3.63, 3.8) is 0 Å². The summed E-state index contributed by atoms with van der Waals surface area (Å²) in [6.07, 6.45) is 0.0952. The highest BCUT2D eigenvalue weighted by Gasteiger charge is 2.14. The highest BCUT2D eigenvalue weighted by atomic mass is 32.1. The summed E-state index contributed by atoms with van der Waals surface area (Å²) in [4.78, 5) is 33.1. The van der Waals surface area contributed by atoms with Crippen LogP contribution in [0.3, 0.4) is 0 Å². The van der Waals surface area contributed by atoms with Gasteiger partial charge >= 0.3 is 0 Å². The zero-order valence-corrected chi connectivity index (χ0v) is 17.1. The van der Waals surface area contributed by atoms with Crippen LogP contribution in [0.25, 0.3) is 0 Å². The largest absolute Gasteiger partial charge is 0.497 e. The fourth-order valence-electron chi connectivity index (χ4n) is 2.29. The summed E-state index contributed by atoms with van der Waals surface area (Å²) in [5.41, 5.74) is 1.80. The average molecular weight is 419 g/mol. The zero-order chi connectivity index (χ0) is 20.1. The fourth-order valence-corrected chi connectivity index (χ4v) is 3.70. The van der Waals surface area contributed by atoms with Crippen molar-refractivity contribution < 1.29 is 19.1 Å². The highest BCUT2D eigenvalue weighted by molar-refractivity contribution is 7.14. The van der Waals surface area contributed by atoms with Crippen LogP contribution in [0, 0.1) is 6.92 Å². The van der Waals surface area contributed by atoms with Crippen LogP contribution in [0.1, 0.15) is 21.7 Å². The Morgan fingerprint density at radius 1 is 0.964 bits per heavy atom. The Balaban J connectivity index is 1.62. The predicted molar refractivity (Wildman–Crippen MR) is 109 cm³/mol. The van der Waals surface area contributed by atoms with E-state index in [4.69, 9.17) is 9.47 Å². The van der Waals surface area contributed by atoms with Gasteiger partial charge in [-0.1, -0.05) is 0 Å². The van der Waals surface area contributed by atoms with E-state index in [1.807, 2.05) is 12.3 Å². The molecular weight excluding hydrogens is 400 g/mol. The van der Waals surface area contributed by atoms with Gasteiger partial charge < -0.3 is 14.8 Å². The number of carbonyl (C=O) groups excluding carboxylic acids is 2. The van der Waals surface area contributed by atoms with Gasteiger partial charge in [0.05, 0.1) is 32.0 Å². The second-order valence-corrected chi connectivity index (χ2v) is 7.43. The van der Waals surface area contributed by atoms with Crippen molar-refractivity contribution in [1.82, 2.24) is 9.97 Å². The summed E-state index contributed by atoms with van der Waals surface area (Å²) >= 11 is 2.61. The number of ether oxygens (including phenoxy) is 2. The molecule has 3 aromatic rings. The van der Waals surface area contributed by atoms with Gasteiger partial charge in [-0.25, -0.2) is 9.97 Å². The molecule has 3 rings (SSSR count). The molecule has 2 amide bonds. The number of hydrogen-bond donors (Lipinski definition) is 2. The van der Waals surface area contributed by atoms with Crippen LogP contribution in [-0.2, 0) is 11.2 Å². The molecule has 0 aliphatic carbocycles. The number of nitrogens with zero attached hydrogens (tertiary/aromatic N) is 2. The van der Waals surface area contributed by atoms with Crippen LogP contribution in [0.2, 0.25) is 0 Å². The van der Waals surface area contributed by atoms with E-state index in [0.29, 0.717) is 33.0 Å². The van der Waals surface area contributed by atoms with E-state index in [1.165, 1.54) is 36.9 Å². The maximum absolute atomic E-state index is 12.5. The van der Waals surface area contributed by atoms with Crippen LogP contribution in [0.4, 0.5) is 10.3 Å². The Morgan fingerprint density at radius 2 is 1.61 bits per heavy atom. The molecule has 0 saturated heterocycles. The summed E-state index contributed by atoms with van der Waals surface area (Å²) in [6, 6.07) is 4.90. The molecule has 0 atom stereocenters. The quantitative estimate of drug-likeness (QED) is 0.610. The van der Waals surface area contributed by atoms with Gasteiger partial charge in [0.15, 0.2) is 10.3 Å². The number of rotatable bonds is 7. The number of aromatic nitrogens is 2. The summed E-state index contributed by atoms with van der Waals surface area (Å²) in [5.74, 6) is 0.465. The highest BCUT2D eigenvalue weighted by Crippen LogP contribution is 2.24. The first-order chi connectivity index (χ1) is 13.5. The summed E-state index contributed by atoms with van der Waals surface area (Å²) in [6.45, 7) is 1.86. The minimum Gasteiger partial charge on any atom is -0.497 e. The van der Waals surface area contributed by atoms with Crippen molar-refractivity contribution in [3.05, 3.63) is 45.9 Å². The molecule has 0 bridgehead atoms. The third-order valence-corrected chi connectivity index (χ3v) is 5.27. The van der Waals surface area contributed by atoms with Gasteiger partial charge in [-0.15, -0.1) is 22.7 Å². The molecule has 10 heteroatoms. The molecule has 1 aromatic carbocycles. The molecule has 0 radical (unpaired) electrons. The number of hydrogen-bond acceptors (Lipinski definition) is 8. The molecule has 0 unspecified atom stereocenters. The number of anilines is 2. The predicted octanol–water partition coefficient (Wildman–Crippen LogP) is 3.36. The number of amides is 2. The average Bonchev–Trinajstić information content (AvgIpc) is 3.29. The van der Waals surface area contributed by atoms with Crippen molar-refractivity contribution in [2.24, 2.45) is 0 Å². The first-order valence-electron chi connectivity index (χ1n) is 8.17. The Bertz CT molecular complexity index is 977. The molecule has 2 N–H and O–H groups in total. The van der Waals surface area contributed by atoms with E-state index in [9.17, 15) is 9.59 Å². The molecule has 28 heavy (non-hydrogen) atoms. The normalized spacial score (nSPS) is 10.4. The van der Waals surface area contributed by atoms with Gasteiger partial charge in [0.1, 0.15) is 11.5 Å². The van der Waals surface area contributed by atoms with Crippen LogP contribution in [0.15, 0.2) is 29.0 Å². The van der Waals surface area contributed by atoms with Crippen LogP contribution in [-0.4, -0.2) is 36.0 Å². The second-order valence-electron chi connectivity index (χ2n) is 5.72. The number of carbonyl (C=O) groups is 2. The molecular formula is C18H18N4O4S2. The maximum atomic E-state index is 12.5. The number of methoxy groups -OCH3 is 2. The van der Waals surface area contributed by atoms with Gasteiger partial charge in [0, 0.05) is 22.4 Å². The number of thiazole rings is 2. The molecule has 0 spiro atoms. The Morgan fingerprint density at radius 3 is 2.21 bits per heavy atom. The smallest absolute Gasteiger partial charge is 0.257 e. The minimum absolute atomic E-state index is 0.0952. The molecule has 0 saturated carbocycles. The van der Waals surface area contributed by atoms with Gasteiger partial charge in [0.2, 0.25) is 5.91 Å². The number of nitrogens with one attached hydrogen (secondary N) is 2. The van der Waals surface area contributed by atoms with Gasteiger partial charge in [0.25, 0.3) is 5.91 Å². The lowest BCUT2D eigenvalue weighted by Gasteiger charge is -2.08. The maximum Gasteiger partial charge on any atom is 0.257 e. The van der Waals surface area contributed by atoms with Crippen molar-refractivity contribution in [2.75, 3.05) is 24.9 Å². The number of benzene rings is 1. The van der Waals surface area contributed by atoms with Crippen molar-refractivity contribution in [3.8, 4) is 11.5 Å². The zero-order valence-electron chi connectivity index (χ0n) is 15.4. The third kappa shape index (κ3) is 5.05. The van der Waals surface area contributed by atoms with Crippen molar-refractivity contribution >= 4 is 44.8 Å². The van der Waals surface area contributed by atoms with Crippen molar-refractivity contribution in [1.29, 1.82) is 0 Å². The topological polar surface area (TPSA) is 102 Å². The lowest BCUT2D eigenvalue weighted by Crippen LogP contribution is -2.15. The van der Waals surface area contributed by atoms with Gasteiger partial charge in [-0.2, -0.15) is 0 Å².